The number of nitrogens with zero attached hydrogens (tertiary/aromatic N) is 1. The highest BCUT2D eigenvalue weighted by Gasteiger charge is 2.25. The van der Waals surface area contributed by atoms with Crippen molar-refractivity contribution >= 4 is 5.69 Å². The standard InChI is InChI=1S/C15H24N2/c1-11(2)14-6-7-17(10-14)15-8-12(3)4-5-13(15)9-16/h4-5,8,11,14H,6-7,9-10,16H2,1-3H3. The van der Waals surface area contributed by atoms with Gasteiger partial charge in [-0.15, -0.1) is 0 Å². The molecule has 0 aliphatic carbocycles. The van der Waals surface area contributed by atoms with Crippen LogP contribution < -0.4 is 10.6 Å². The number of anilines is 1. The number of hydrogen-bond acceptors (Lipinski definition) is 2. The number of nitrogens with two attached hydrogens (primary N) is 1. The summed E-state index contributed by atoms with van der Waals surface area (Å²) in [5.41, 5.74) is 9.80. The number of benzene rings is 1. The first kappa shape index (κ1) is 12.4. The lowest BCUT2D eigenvalue weighted by Crippen LogP contribution is -2.23. The van der Waals surface area contributed by atoms with Crippen molar-refractivity contribution in [1.29, 1.82) is 0 Å². The summed E-state index contributed by atoms with van der Waals surface area (Å²) in [5.74, 6) is 1.62. The van der Waals surface area contributed by atoms with Gasteiger partial charge >= 0.3 is 0 Å². The fraction of sp³-hybridized carbons (Fsp3) is 0.600. The zero-order chi connectivity index (χ0) is 12.4. The molecule has 1 atom stereocenters. The van der Waals surface area contributed by atoms with Crippen LogP contribution in [-0.4, -0.2) is 13.1 Å². The van der Waals surface area contributed by atoms with E-state index in [9.17, 15) is 0 Å². The molecule has 2 rings (SSSR count). The molecule has 1 aromatic carbocycles. The molecule has 17 heavy (non-hydrogen) atoms. The molecule has 0 amide bonds. The van der Waals surface area contributed by atoms with Crippen molar-refractivity contribution in [3.8, 4) is 0 Å². The Morgan fingerprint density at radius 3 is 2.76 bits per heavy atom. The second-order valence-electron chi connectivity index (χ2n) is 5.58. The summed E-state index contributed by atoms with van der Waals surface area (Å²) < 4.78 is 0. The van der Waals surface area contributed by atoms with Crippen LogP contribution in [0.5, 0.6) is 0 Å². The highest BCUT2D eigenvalue weighted by molar-refractivity contribution is 5.56. The second-order valence-corrected chi connectivity index (χ2v) is 5.58. The molecular weight excluding hydrogens is 208 g/mol. The van der Waals surface area contributed by atoms with Gasteiger partial charge < -0.3 is 10.6 Å². The lowest BCUT2D eigenvalue weighted by atomic mass is 9.95. The first-order valence-electron chi connectivity index (χ1n) is 6.66. The van der Waals surface area contributed by atoms with E-state index < -0.39 is 0 Å². The molecule has 0 spiro atoms. The van der Waals surface area contributed by atoms with Crippen LogP contribution in [0.2, 0.25) is 0 Å². The molecule has 2 N–H and O–H groups in total. The Kier molecular flexibility index (Phi) is 3.72. The van der Waals surface area contributed by atoms with Crippen molar-refractivity contribution in [3.63, 3.8) is 0 Å². The van der Waals surface area contributed by atoms with Gasteiger partial charge in [0.2, 0.25) is 0 Å². The maximum absolute atomic E-state index is 5.84. The average Bonchev–Trinajstić information content (AvgIpc) is 2.78. The summed E-state index contributed by atoms with van der Waals surface area (Å²) in [7, 11) is 0. The quantitative estimate of drug-likeness (QED) is 0.868. The van der Waals surface area contributed by atoms with Crippen LogP contribution in [0.1, 0.15) is 31.4 Å². The van der Waals surface area contributed by atoms with Crippen LogP contribution in [0.25, 0.3) is 0 Å². The Morgan fingerprint density at radius 1 is 1.41 bits per heavy atom. The normalized spacial score (nSPS) is 20.3. The fourth-order valence-corrected chi connectivity index (χ4v) is 2.69. The Morgan fingerprint density at radius 2 is 2.18 bits per heavy atom. The van der Waals surface area contributed by atoms with Crippen molar-refractivity contribution < 1.29 is 0 Å². The summed E-state index contributed by atoms with van der Waals surface area (Å²) in [6, 6.07) is 6.61. The van der Waals surface area contributed by atoms with E-state index in [0.717, 1.165) is 11.8 Å². The lowest BCUT2D eigenvalue weighted by molar-refractivity contribution is 0.422. The molecule has 2 nitrogen and oxygen atoms in total. The monoisotopic (exact) mass is 232 g/mol. The Labute approximate surface area is 105 Å². The highest BCUT2D eigenvalue weighted by Crippen LogP contribution is 2.30. The molecule has 2 heteroatoms. The Balaban J connectivity index is 2.20. The largest absolute Gasteiger partial charge is 0.371 e. The van der Waals surface area contributed by atoms with Crippen LogP contribution in [0.3, 0.4) is 0 Å². The third-order valence-electron chi connectivity index (χ3n) is 3.97. The first-order valence-corrected chi connectivity index (χ1v) is 6.66. The minimum Gasteiger partial charge on any atom is -0.371 e. The molecule has 0 radical (unpaired) electrons. The summed E-state index contributed by atoms with van der Waals surface area (Å²) in [4.78, 5) is 2.51. The van der Waals surface area contributed by atoms with Crippen molar-refractivity contribution in [2.75, 3.05) is 18.0 Å². The number of hydrogen-bond donors (Lipinski definition) is 1. The molecule has 1 fully saturated rings. The van der Waals surface area contributed by atoms with E-state index in [1.807, 2.05) is 0 Å². The predicted octanol–water partition coefficient (Wildman–Crippen LogP) is 2.94. The number of aryl methyl sites for hydroxylation is 1. The third kappa shape index (κ3) is 2.63. The van der Waals surface area contributed by atoms with Gasteiger partial charge in [-0.1, -0.05) is 26.0 Å². The molecule has 0 aromatic heterocycles. The molecular formula is C15H24N2. The van der Waals surface area contributed by atoms with Crippen molar-refractivity contribution in [2.45, 2.75) is 33.7 Å². The lowest BCUT2D eigenvalue weighted by Gasteiger charge is -2.23. The summed E-state index contributed by atoms with van der Waals surface area (Å²) >= 11 is 0. The van der Waals surface area contributed by atoms with Crippen LogP contribution in [0, 0.1) is 18.8 Å². The van der Waals surface area contributed by atoms with Gasteiger partial charge in [0, 0.05) is 25.3 Å². The van der Waals surface area contributed by atoms with Gasteiger partial charge in [-0.25, -0.2) is 0 Å². The molecule has 94 valence electrons. The van der Waals surface area contributed by atoms with Crippen molar-refractivity contribution in [3.05, 3.63) is 29.3 Å². The molecule has 1 unspecified atom stereocenters. The van der Waals surface area contributed by atoms with Gasteiger partial charge in [0.25, 0.3) is 0 Å². The Bertz CT molecular complexity index is 385. The van der Waals surface area contributed by atoms with E-state index in [-0.39, 0.29) is 0 Å². The van der Waals surface area contributed by atoms with E-state index in [0.29, 0.717) is 6.54 Å². The van der Waals surface area contributed by atoms with Gasteiger partial charge in [-0.2, -0.15) is 0 Å². The molecule has 1 heterocycles. The van der Waals surface area contributed by atoms with Crippen LogP contribution in [-0.2, 0) is 6.54 Å². The minimum atomic E-state index is 0.637. The molecule has 1 saturated heterocycles. The molecule has 1 aliphatic rings. The van der Waals surface area contributed by atoms with Gasteiger partial charge in [0.15, 0.2) is 0 Å². The summed E-state index contributed by atoms with van der Waals surface area (Å²) in [5, 5.41) is 0. The van der Waals surface area contributed by atoms with Crippen LogP contribution >= 0.6 is 0 Å². The molecule has 0 bridgehead atoms. The van der Waals surface area contributed by atoms with Crippen molar-refractivity contribution in [2.24, 2.45) is 17.6 Å². The molecule has 0 saturated carbocycles. The topological polar surface area (TPSA) is 29.3 Å². The minimum absolute atomic E-state index is 0.637. The van der Waals surface area contributed by atoms with Crippen LogP contribution in [0.4, 0.5) is 5.69 Å². The Hall–Kier alpha value is -1.02. The van der Waals surface area contributed by atoms with Gasteiger partial charge in [-0.05, 0) is 42.4 Å². The van der Waals surface area contributed by atoms with E-state index >= 15 is 0 Å². The van der Waals surface area contributed by atoms with E-state index in [1.165, 1.54) is 36.3 Å². The molecule has 1 aromatic rings. The van der Waals surface area contributed by atoms with Gasteiger partial charge in [-0.3, -0.25) is 0 Å². The average molecular weight is 232 g/mol. The fourth-order valence-electron chi connectivity index (χ4n) is 2.69. The van der Waals surface area contributed by atoms with E-state index in [4.69, 9.17) is 5.73 Å². The summed E-state index contributed by atoms with van der Waals surface area (Å²) in [6.45, 7) is 9.81. The zero-order valence-electron chi connectivity index (χ0n) is 11.2. The maximum atomic E-state index is 5.84. The zero-order valence-corrected chi connectivity index (χ0v) is 11.2. The molecule has 1 aliphatic heterocycles. The highest BCUT2D eigenvalue weighted by atomic mass is 15.2. The summed E-state index contributed by atoms with van der Waals surface area (Å²) in [6.07, 6.45) is 1.32. The smallest absolute Gasteiger partial charge is 0.0414 e. The van der Waals surface area contributed by atoms with E-state index in [2.05, 4.69) is 43.9 Å². The SMILES string of the molecule is Cc1ccc(CN)c(N2CCC(C(C)C)C2)c1. The van der Waals surface area contributed by atoms with Crippen molar-refractivity contribution in [1.82, 2.24) is 0 Å². The number of rotatable bonds is 3. The van der Waals surface area contributed by atoms with Crippen LogP contribution in [0.15, 0.2) is 18.2 Å². The second kappa shape index (κ2) is 5.09. The predicted molar refractivity (Wildman–Crippen MR) is 74.2 cm³/mol. The van der Waals surface area contributed by atoms with Gasteiger partial charge in [0.05, 0.1) is 0 Å². The first-order chi connectivity index (χ1) is 8.11. The third-order valence-corrected chi connectivity index (χ3v) is 3.97. The van der Waals surface area contributed by atoms with Gasteiger partial charge in [0.1, 0.15) is 0 Å². The maximum Gasteiger partial charge on any atom is 0.0414 e. The van der Waals surface area contributed by atoms with E-state index in [1.54, 1.807) is 0 Å².